The zero-order chi connectivity index (χ0) is 12.3. The van der Waals surface area contributed by atoms with E-state index < -0.39 is 0 Å². The summed E-state index contributed by atoms with van der Waals surface area (Å²) in [7, 11) is 0. The molecular weight excluding hydrogens is 212 g/mol. The van der Waals surface area contributed by atoms with Crippen molar-refractivity contribution in [1.29, 1.82) is 0 Å². The number of nitrogens with zero attached hydrogens (tertiary/aromatic N) is 1. The van der Waals surface area contributed by atoms with Gasteiger partial charge in [-0.2, -0.15) is 0 Å². The van der Waals surface area contributed by atoms with E-state index >= 15 is 0 Å². The first-order chi connectivity index (χ1) is 8.22. The Morgan fingerprint density at radius 2 is 2.35 bits per heavy atom. The van der Waals surface area contributed by atoms with Crippen LogP contribution in [0.25, 0.3) is 0 Å². The first kappa shape index (κ1) is 12.5. The molecule has 3 heteroatoms. The van der Waals surface area contributed by atoms with Crippen molar-refractivity contribution in [1.82, 2.24) is 10.3 Å². The van der Waals surface area contributed by atoms with Gasteiger partial charge in [-0.15, -0.1) is 0 Å². The summed E-state index contributed by atoms with van der Waals surface area (Å²) >= 11 is 0. The minimum atomic E-state index is 0.248. The van der Waals surface area contributed by atoms with Crippen molar-refractivity contribution in [2.75, 3.05) is 6.61 Å². The molecule has 1 aromatic rings. The van der Waals surface area contributed by atoms with Crippen LogP contribution in [0.4, 0.5) is 0 Å². The second-order valence-electron chi connectivity index (χ2n) is 5.17. The van der Waals surface area contributed by atoms with E-state index in [2.05, 4.69) is 30.2 Å². The molecular formula is C14H22N2O. The highest BCUT2D eigenvalue weighted by atomic mass is 16.3. The average molecular weight is 234 g/mol. The Bertz CT molecular complexity index is 365. The molecule has 1 aliphatic carbocycles. The molecule has 1 heterocycles. The number of fused-ring (bicyclic) bond motifs is 1. The predicted octanol–water partition coefficient (Wildman–Crippen LogP) is 2.07. The highest BCUT2D eigenvalue weighted by molar-refractivity contribution is 5.28. The van der Waals surface area contributed by atoms with E-state index in [-0.39, 0.29) is 6.61 Å². The molecule has 1 aromatic heterocycles. The summed E-state index contributed by atoms with van der Waals surface area (Å²) < 4.78 is 0. The van der Waals surface area contributed by atoms with Crippen molar-refractivity contribution in [2.24, 2.45) is 5.92 Å². The zero-order valence-electron chi connectivity index (χ0n) is 10.7. The van der Waals surface area contributed by atoms with Crippen molar-refractivity contribution in [2.45, 2.75) is 45.2 Å². The van der Waals surface area contributed by atoms with Crippen LogP contribution in [-0.2, 0) is 6.42 Å². The summed E-state index contributed by atoms with van der Waals surface area (Å²) in [6.07, 6.45) is 4.93. The summed E-state index contributed by atoms with van der Waals surface area (Å²) in [5, 5.41) is 12.7. The Morgan fingerprint density at radius 1 is 1.53 bits per heavy atom. The van der Waals surface area contributed by atoms with Gasteiger partial charge in [0.1, 0.15) is 0 Å². The third-order valence-corrected chi connectivity index (χ3v) is 3.62. The molecule has 0 aromatic carbocycles. The summed E-state index contributed by atoms with van der Waals surface area (Å²) in [6.45, 7) is 4.64. The minimum absolute atomic E-state index is 0.248. The Hall–Kier alpha value is -0.930. The lowest BCUT2D eigenvalue weighted by Gasteiger charge is -2.25. The van der Waals surface area contributed by atoms with Gasteiger partial charge in [0, 0.05) is 18.8 Å². The van der Waals surface area contributed by atoms with Gasteiger partial charge in [-0.3, -0.25) is 4.98 Å². The molecule has 2 N–H and O–H groups in total. The van der Waals surface area contributed by atoms with Gasteiger partial charge in [-0.05, 0) is 36.8 Å². The number of rotatable bonds is 5. The van der Waals surface area contributed by atoms with Gasteiger partial charge in [0.15, 0.2) is 0 Å². The van der Waals surface area contributed by atoms with Crippen molar-refractivity contribution in [3.05, 3.63) is 29.6 Å². The number of hydrogen-bond acceptors (Lipinski definition) is 3. The number of aromatic nitrogens is 1. The molecule has 0 bridgehead atoms. The minimum Gasteiger partial charge on any atom is -0.396 e. The molecule has 0 saturated carbocycles. The first-order valence-electron chi connectivity index (χ1n) is 6.53. The van der Waals surface area contributed by atoms with Gasteiger partial charge in [-0.25, -0.2) is 0 Å². The average Bonchev–Trinajstić information content (AvgIpc) is 2.72. The van der Waals surface area contributed by atoms with Gasteiger partial charge in [0.25, 0.3) is 0 Å². The van der Waals surface area contributed by atoms with E-state index in [9.17, 15) is 0 Å². The van der Waals surface area contributed by atoms with Crippen LogP contribution in [0.3, 0.4) is 0 Å². The van der Waals surface area contributed by atoms with E-state index in [1.54, 1.807) is 0 Å². The Balaban J connectivity index is 2.05. The number of aliphatic hydroxyl groups excluding tert-OH is 1. The smallest absolute Gasteiger partial charge is 0.0605 e. The van der Waals surface area contributed by atoms with Gasteiger partial charge >= 0.3 is 0 Å². The van der Waals surface area contributed by atoms with Crippen molar-refractivity contribution in [3.63, 3.8) is 0 Å². The van der Waals surface area contributed by atoms with E-state index in [0.717, 1.165) is 19.3 Å². The lowest BCUT2D eigenvalue weighted by molar-refractivity contribution is 0.234. The summed E-state index contributed by atoms with van der Waals surface area (Å²) in [4.78, 5) is 4.49. The Kier molecular flexibility index (Phi) is 4.13. The van der Waals surface area contributed by atoms with Crippen LogP contribution < -0.4 is 5.32 Å². The Labute approximate surface area is 103 Å². The first-order valence-corrected chi connectivity index (χ1v) is 6.53. The summed E-state index contributed by atoms with van der Waals surface area (Å²) in [6, 6.07) is 4.91. The number of hydrogen-bond donors (Lipinski definition) is 2. The second-order valence-corrected chi connectivity index (χ2v) is 5.17. The number of nitrogens with one attached hydrogen (secondary N) is 1. The molecule has 0 radical (unpaired) electrons. The lowest BCUT2D eigenvalue weighted by Crippen LogP contribution is -2.37. The molecule has 0 fully saturated rings. The highest BCUT2D eigenvalue weighted by Gasteiger charge is 2.26. The van der Waals surface area contributed by atoms with Crippen LogP contribution in [0.15, 0.2) is 18.3 Å². The maximum absolute atomic E-state index is 9.10. The number of pyridine rings is 1. The molecule has 0 spiro atoms. The van der Waals surface area contributed by atoms with Gasteiger partial charge in [0.05, 0.1) is 11.7 Å². The SMILES string of the molecule is CC(C)C(CCO)NC1CCc2cccnc21. The number of aryl methyl sites for hydroxylation is 1. The molecule has 0 saturated heterocycles. The largest absolute Gasteiger partial charge is 0.396 e. The molecule has 0 amide bonds. The van der Waals surface area contributed by atoms with Crippen molar-refractivity contribution >= 4 is 0 Å². The molecule has 94 valence electrons. The maximum atomic E-state index is 9.10. The van der Waals surface area contributed by atoms with Crippen molar-refractivity contribution < 1.29 is 5.11 Å². The van der Waals surface area contributed by atoms with Crippen LogP contribution >= 0.6 is 0 Å². The summed E-state index contributed by atoms with van der Waals surface area (Å²) in [5.41, 5.74) is 2.58. The van der Waals surface area contributed by atoms with Crippen LogP contribution in [0.1, 0.15) is 44.0 Å². The van der Waals surface area contributed by atoms with Crippen LogP contribution in [0, 0.1) is 5.92 Å². The molecule has 2 unspecified atom stereocenters. The fourth-order valence-electron chi connectivity index (χ4n) is 2.58. The zero-order valence-corrected chi connectivity index (χ0v) is 10.7. The van der Waals surface area contributed by atoms with Gasteiger partial charge in [0.2, 0.25) is 0 Å². The van der Waals surface area contributed by atoms with E-state index in [0.29, 0.717) is 18.0 Å². The van der Waals surface area contributed by atoms with Crippen molar-refractivity contribution in [3.8, 4) is 0 Å². The fraction of sp³-hybridized carbons (Fsp3) is 0.643. The molecule has 1 aliphatic rings. The molecule has 3 nitrogen and oxygen atoms in total. The van der Waals surface area contributed by atoms with Crippen LogP contribution in [0.5, 0.6) is 0 Å². The Morgan fingerprint density at radius 3 is 3.06 bits per heavy atom. The normalized spacial score (nSPS) is 20.6. The fourth-order valence-corrected chi connectivity index (χ4v) is 2.58. The van der Waals surface area contributed by atoms with Crippen LogP contribution in [0.2, 0.25) is 0 Å². The van der Waals surface area contributed by atoms with Gasteiger partial charge < -0.3 is 10.4 Å². The van der Waals surface area contributed by atoms with E-state index in [1.807, 2.05) is 12.3 Å². The lowest BCUT2D eigenvalue weighted by atomic mass is 9.99. The summed E-state index contributed by atoms with van der Waals surface area (Å²) in [5.74, 6) is 0.537. The van der Waals surface area contributed by atoms with Crippen LogP contribution in [-0.4, -0.2) is 22.7 Å². The van der Waals surface area contributed by atoms with E-state index in [1.165, 1.54) is 11.3 Å². The quantitative estimate of drug-likeness (QED) is 0.819. The predicted molar refractivity (Wildman–Crippen MR) is 68.8 cm³/mol. The highest BCUT2D eigenvalue weighted by Crippen LogP contribution is 2.30. The number of aliphatic hydroxyl groups is 1. The molecule has 2 rings (SSSR count). The monoisotopic (exact) mass is 234 g/mol. The molecule has 17 heavy (non-hydrogen) atoms. The standard InChI is InChI=1S/C14H22N2O/c1-10(2)12(7-9-17)16-13-6-5-11-4-3-8-15-14(11)13/h3-4,8,10,12-13,16-17H,5-7,9H2,1-2H3. The second kappa shape index (κ2) is 5.61. The molecule has 0 aliphatic heterocycles. The third-order valence-electron chi connectivity index (χ3n) is 3.62. The maximum Gasteiger partial charge on any atom is 0.0605 e. The third kappa shape index (κ3) is 2.85. The van der Waals surface area contributed by atoms with Gasteiger partial charge in [-0.1, -0.05) is 19.9 Å². The topological polar surface area (TPSA) is 45.1 Å². The van der Waals surface area contributed by atoms with E-state index in [4.69, 9.17) is 5.11 Å². The molecule has 2 atom stereocenters.